The monoisotopic (exact) mass is 547 g/mol. The molecule has 1 amide bonds. The Morgan fingerprint density at radius 1 is 1.13 bits per heavy atom. The summed E-state index contributed by atoms with van der Waals surface area (Å²) >= 11 is 0. The molecule has 1 aromatic heterocycles. The summed E-state index contributed by atoms with van der Waals surface area (Å²) < 4.78 is 92.0. The number of ether oxygens (including phenoxy) is 2. The van der Waals surface area contributed by atoms with Gasteiger partial charge in [0.2, 0.25) is 0 Å². The van der Waals surface area contributed by atoms with E-state index in [1.165, 1.54) is 17.0 Å². The van der Waals surface area contributed by atoms with Gasteiger partial charge in [-0.15, -0.1) is 0 Å². The molecular formula is C27H19F6N3O3. The van der Waals surface area contributed by atoms with Crippen LogP contribution < -0.4 is 0 Å². The normalized spacial score (nSPS) is 21.1. The van der Waals surface area contributed by atoms with Crippen molar-refractivity contribution in [1.29, 1.82) is 5.26 Å². The summed E-state index contributed by atoms with van der Waals surface area (Å²) in [6, 6.07) is 12.0. The van der Waals surface area contributed by atoms with Gasteiger partial charge in [0.15, 0.2) is 0 Å². The molecule has 12 heteroatoms. The molecule has 2 aliphatic rings. The van der Waals surface area contributed by atoms with Crippen LogP contribution in [0.3, 0.4) is 0 Å². The van der Waals surface area contributed by atoms with E-state index in [1.807, 2.05) is 0 Å². The van der Waals surface area contributed by atoms with Gasteiger partial charge in [-0.2, -0.15) is 18.4 Å². The Hall–Kier alpha value is -3.95. The highest BCUT2D eigenvalue weighted by molar-refractivity contribution is 5.96. The molecule has 2 fully saturated rings. The first-order chi connectivity index (χ1) is 18.5. The zero-order valence-corrected chi connectivity index (χ0v) is 20.0. The van der Waals surface area contributed by atoms with Gasteiger partial charge in [-0.05, 0) is 35.9 Å². The molecule has 202 valence electrons. The van der Waals surface area contributed by atoms with Crippen LogP contribution in [-0.4, -0.2) is 41.8 Å². The van der Waals surface area contributed by atoms with E-state index in [9.17, 15) is 36.4 Å². The number of aromatic nitrogens is 1. The van der Waals surface area contributed by atoms with Crippen LogP contribution in [0.25, 0.3) is 11.3 Å². The minimum atomic E-state index is -4.61. The van der Waals surface area contributed by atoms with Crippen LogP contribution in [0.2, 0.25) is 0 Å². The number of carbonyl (C=O) groups excluding carboxylic acids is 1. The van der Waals surface area contributed by atoms with Crippen molar-refractivity contribution >= 4 is 5.91 Å². The van der Waals surface area contributed by atoms with Crippen molar-refractivity contribution < 1.29 is 40.6 Å². The van der Waals surface area contributed by atoms with Gasteiger partial charge in [0.05, 0.1) is 28.9 Å². The summed E-state index contributed by atoms with van der Waals surface area (Å²) in [6.07, 6.45) is -8.24. The van der Waals surface area contributed by atoms with Crippen LogP contribution in [0.4, 0.5) is 26.3 Å². The van der Waals surface area contributed by atoms with Crippen molar-refractivity contribution in [3.05, 3.63) is 88.4 Å². The lowest BCUT2D eigenvalue weighted by molar-refractivity contribution is -0.137. The van der Waals surface area contributed by atoms with E-state index in [2.05, 4.69) is 4.98 Å². The molecule has 6 nitrogen and oxygen atoms in total. The Labute approximate surface area is 218 Å². The molecule has 0 radical (unpaired) electrons. The van der Waals surface area contributed by atoms with Gasteiger partial charge in [-0.1, -0.05) is 24.3 Å². The second kappa shape index (κ2) is 9.98. The lowest BCUT2D eigenvalue weighted by Crippen LogP contribution is -2.53. The molecule has 0 saturated carbocycles. The van der Waals surface area contributed by atoms with E-state index in [0.717, 1.165) is 30.3 Å². The number of amides is 1. The number of alkyl halides is 5. The zero-order valence-electron chi connectivity index (χ0n) is 20.0. The lowest BCUT2D eigenvalue weighted by Gasteiger charge is -2.42. The van der Waals surface area contributed by atoms with Crippen LogP contribution in [0.5, 0.6) is 0 Å². The Balaban J connectivity index is 1.46. The number of halogens is 6. The second-order valence-corrected chi connectivity index (χ2v) is 9.12. The standard InChI is InChI=1S/C27H19F6N3O3/c28-19-7-5-17(6-8-19)26-9-10-36(13-21(26)38-14-39-26)25(37)20-11-16(12-34)22(35-23(20)24(29)30)15-1-3-18(4-2-15)27(31,32)33/h1-8,11,21,24H,9-10,13-14H2. The quantitative estimate of drug-likeness (QED) is 0.385. The SMILES string of the molecule is N#Cc1cc(C(=O)N2CCC3(c4ccc(F)cc4)OCOC3C2)c(C(F)F)nc1-c1ccc(C(F)(F)F)cc1. The minimum Gasteiger partial charge on any atom is -0.347 e. The average Bonchev–Trinajstić information content (AvgIpc) is 3.36. The highest BCUT2D eigenvalue weighted by Gasteiger charge is 2.51. The molecule has 2 aromatic carbocycles. The first-order valence-electron chi connectivity index (χ1n) is 11.7. The average molecular weight is 547 g/mol. The Morgan fingerprint density at radius 3 is 2.44 bits per heavy atom. The van der Waals surface area contributed by atoms with Gasteiger partial charge in [-0.3, -0.25) is 4.79 Å². The third-order valence-corrected chi connectivity index (χ3v) is 6.96. The molecule has 0 aliphatic carbocycles. The Morgan fingerprint density at radius 2 is 1.82 bits per heavy atom. The number of rotatable bonds is 4. The molecule has 2 saturated heterocycles. The molecule has 3 aromatic rings. The lowest BCUT2D eigenvalue weighted by atomic mass is 9.82. The molecule has 0 bridgehead atoms. The number of benzene rings is 2. The van der Waals surface area contributed by atoms with Crippen LogP contribution in [0.1, 0.15) is 45.6 Å². The summed E-state index contributed by atoms with van der Waals surface area (Å²) in [5, 5.41) is 9.67. The third kappa shape index (κ3) is 4.84. The third-order valence-electron chi connectivity index (χ3n) is 6.96. The number of pyridine rings is 1. The number of nitriles is 1. The highest BCUT2D eigenvalue weighted by Crippen LogP contribution is 2.43. The zero-order chi connectivity index (χ0) is 27.9. The maximum absolute atomic E-state index is 14.1. The molecule has 3 heterocycles. The number of carbonyl (C=O) groups is 1. The van der Waals surface area contributed by atoms with Crippen molar-refractivity contribution in [3.63, 3.8) is 0 Å². The second-order valence-electron chi connectivity index (χ2n) is 9.12. The van der Waals surface area contributed by atoms with Gasteiger partial charge in [-0.25, -0.2) is 18.2 Å². The predicted octanol–water partition coefficient (Wildman–Crippen LogP) is 5.83. The largest absolute Gasteiger partial charge is 0.416 e. The van der Waals surface area contributed by atoms with E-state index in [4.69, 9.17) is 9.47 Å². The molecule has 0 N–H and O–H groups in total. The fraction of sp³-hybridized carbons (Fsp3) is 0.296. The minimum absolute atomic E-state index is 0.0130. The van der Waals surface area contributed by atoms with Crippen molar-refractivity contribution in [2.24, 2.45) is 0 Å². The number of nitrogens with zero attached hydrogens (tertiary/aromatic N) is 3. The van der Waals surface area contributed by atoms with Crippen LogP contribution >= 0.6 is 0 Å². The molecular weight excluding hydrogens is 528 g/mol. The van der Waals surface area contributed by atoms with E-state index >= 15 is 0 Å². The molecule has 39 heavy (non-hydrogen) atoms. The number of hydrogen-bond donors (Lipinski definition) is 0. The maximum Gasteiger partial charge on any atom is 0.416 e. The predicted molar refractivity (Wildman–Crippen MR) is 124 cm³/mol. The van der Waals surface area contributed by atoms with E-state index < -0.39 is 52.9 Å². The van der Waals surface area contributed by atoms with Crippen molar-refractivity contribution in [1.82, 2.24) is 9.88 Å². The Bertz CT molecular complexity index is 1440. The van der Waals surface area contributed by atoms with Gasteiger partial charge in [0, 0.05) is 18.5 Å². The van der Waals surface area contributed by atoms with E-state index in [0.29, 0.717) is 5.56 Å². The molecule has 0 spiro atoms. The van der Waals surface area contributed by atoms with Crippen LogP contribution in [0, 0.1) is 17.1 Å². The van der Waals surface area contributed by atoms with Crippen molar-refractivity contribution in [3.8, 4) is 17.3 Å². The summed E-state index contributed by atoms with van der Waals surface area (Å²) in [5.74, 6) is -1.24. The molecule has 5 rings (SSSR count). The summed E-state index contributed by atoms with van der Waals surface area (Å²) in [6.45, 7) is -0.0168. The van der Waals surface area contributed by atoms with Gasteiger partial charge in [0.1, 0.15) is 36.1 Å². The van der Waals surface area contributed by atoms with Gasteiger partial charge in [0.25, 0.3) is 12.3 Å². The fourth-order valence-electron chi connectivity index (χ4n) is 4.96. The number of likely N-dealkylation sites (tertiary alicyclic amines) is 1. The molecule has 2 unspecified atom stereocenters. The molecule has 2 atom stereocenters. The first-order valence-corrected chi connectivity index (χ1v) is 11.7. The topological polar surface area (TPSA) is 75.5 Å². The van der Waals surface area contributed by atoms with Crippen molar-refractivity contribution in [2.75, 3.05) is 19.9 Å². The summed E-state index contributed by atoms with van der Waals surface area (Å²) in [5.41, 5.74) is -3.14. The van der Waals surface area contributed by atoms with E-state index in [1.54, 1.807) is 18.2 Å². The van der Waals surface area contributed by atoms with E-state index in [-0.39, 0.29) is 43.1 Å². The molecule has 2 aliphatic heterocycles. The highest BCUT2D eigenvalue weighted by atomic mass is 19.4. The number of fused-ring (bicyclic) bond motifs is 1. The Kier molecular flexibility index (Phi) is 6.82. The first kappa shape index (κ1) is 26.6. The van der Waals surface area contributed by atoms with Crippen molar-refractivity contribution in [2.45, 2.75) is 30.7 Å². The number of hydrogen-bond acceptors (Lipinski definition) is 5. The summed E-state index contributed by atoms with van der Waals surface area (Å²) in [7, 11) is 0. The van der Waals surface area contributed by atoms with Crippen LogP contribution in [-0.2, 0) is 21.3 Å². The van der Waals surface area contributed by atoms with Crippen LogP contribution in [0.15, 0.2) is 54.6 Å². The maximum atomic E-state index is 14.1. The smallest absolute Gasteiger partial charge is 0.347 e. The van der Waals surface area contributed by atoms with Gasteiger partial charge >= 0.3 is 6.18 Å². The van der Waals surface area contributed by atoms with Gasteiger partial charge < -0.3 is 14.4 Å². The summed E-state index contributed by atoms with van der Waals surface area (Å²) in [4.78, 5) is 18.6. The fourth-order valence-corrected chi connectivity index (χ4v) is 4.96. The number of piperidine rings is 1.